The number of hydrogen-bond donors (Lipinski definition) is 2. The number of nitrogens with zero attached hydrogens (tertiary/aromatic N) is 2. The predicted octanol–water partition coefficient (Wildman–Crippen LogP) is 1.56. The molecular weight excluding hydrogens is 240 g/mol. The summed E-state index contributed by atoms with van der Waals surface area (Å²) in [7, 11) is 0. The molecule has 1 aliphatic rings. The second-order valence-electron chi connectivity index (χ2n) is 4.10. The first-order chi connectivity index (χ1) is 8.15. The maximum absolute atomic E-state index is 11.9. The van der Waals surface area contributed by atoms with Crippen LogP contribution in [0.5, 0.6) is 0 Å². The van der Waals surface area contributed by atoms with Crippen molar-refractivity contribution in [2.75, 3.05) is 25.0 Å². The highest BCUT2D eigenvalue weighted by molar-refractivity contribution is 6.29. The summed E-state index contributed by atoms with van der Waals surface area (Å²) in [5.74, 6) is 0. The van der Waals surface area contributed by atoms with Gasteiger partial charge in [0.15, 0.2) is 0 Å². The van der Waals surface area contributed by atoms with E-state index in [0.717, 1.165) is 13.1 Å². The molecule has 6 heteroatoms. The highest BCUT2D eigenvalue weighted by Gasteiger charge is 2.20. The molecular formula is C11H15ClN4O. The van der Waals surface area contributed by atoms with Crippen molar-refractivity contribution in [3.05, 3.63) is 23.5 Å². The number of piperazine rings is 1. The first-order valence-corrected chi connectivity index (χ1v) is 5.94. The molecule has 1 aliphatic heterocycles. The number of carbonyl (C=O) groups is 1. The summed E-state index contributed by atoms with van der Waals surface area (Å²) in [6, 6.07) is 3.62. The zero-order valence-electron chi connectivity index (χ0n) is 9.61. The van der Waals surface area contributed by atoms with Crippen LogP contribution in [-0.2, 0) is 0 Å². The lowest BCUT2D eigenvalue weighted by molar-refractivity contribution is 0.192. The van der Waals surface area contributed by atoms with E-state index in [-0.39, 0.29) is 6.03 Å². The molecule has 2 amide bonds. The van der Waals surface area contributed by atoms with Crippen molar-refractivity contribution in [2.24, 2.45) is 0 Å². The zero-order chi connectivity index (χ0) is 12.3. The third-order valence-electron chi connectivity index (χ3n) is 2.63. The molecule has 1 aromatic rings. The molecule has 0 radical (unpaired) electrons. The van der Waals surface area contributed by atoms with Crippen LogP contribution >= 0.6 is 11.6 Å². The van der Waals surface area contributed by atoms with Crippen LogP contribution in [0.15, 0.2) is 18.3 Å². The lowest BCUT2D eigenvalue weighted by Gasteiger charge is -2.31. The minimum Gasteiger partial charge on any atom is -0.322 e. The Morgan fingerprint density at radius 1 is 1.65 bits per heavy atom. The van der Waals surface area contributed by atoms with E-state index in [2.05, 4.69) is 22.5 Å². The van der Waals surface area contributed by atoms with E-state index in [9.17, 15) is 4.79 Å². The molecule has 2 N–H and O–H groups in total. The van der Waals surface area contributed by atoms with Gasteiger partial charge >= 0.3 is 6.03 Å². The van der Waals surface area contributed by atoms with E-state index < -0.39 is 0 Å². The van der Waals surface area contributed by atoms with Crippen LogP contribution in [0.2, 0.25) is 5.15 Å². The standard InChI is InChI=1S/C11H15ClN4O/c1-8-7-16(5-4-13-8)11(17)15-9-2-3-10(12)14-6-9/h2-3,6,8,13H,4-5,7H2,1H3,(H,15,17). The predicted molar refractivity (Wildman–Crippen MR) is 67.3 cm³/mol. The fourth-order valence-corrected chi connectivity index (χ4v) is 1.88. The third kappa shape index (κ3) is 3.31. The fourth-order valence-electron chi connectivity index (χ4n) is 1.77. The topological polar surface area (TPSA) is 57.3 Å². The first-order valence-electron chi connectivity index (χ1n) is 5.56. The number of urea groups is 1. The SMILES string of the molecule is CC1CN(C(=O)Nc2ccc(Cl)nc2)CCN1. The van der Waals surface area contributed by atoms with E-state index in [4.69, 9.17) is 11.6 Å². The molecule has 2 heterocycles. The monoisotopic (exact) mass is 254 g/mol. The maximum atomic E-state index is 11.9. The number of nitrogens with one attached hydrogen (secondary N) is 2. The fraction of sp³-hybridized carbons (Fsp3) is 0.455. The number of pyridine rings is 1. The first kappa shape index (κ1) is 12.1. The third-order valence-corrected chi connectivity index (χ3v) is 2.86. The van der Waals surface area contributed by atoms with Crippen LogP contribution in [0.25, 0.3) is 0 Å². The Morgan fingerprint density at radius 2 is 2.47 bits per heavy atom. The molecule has 17 heavy (non-hydrogen) atoms. The largest absolute Gasteiger partial charge is 0.322 e. The Hall–Kier alpha value is -1.33. The van der Waals surface area contributed by atoms with Gasteiger partial charge in [0.05, 0.1) is 11.9 Å². The Morgan fingerprint density at radius 3 is 3.12 bits per heavy atom. The Bertz CT molecular complexity index is 395. The minimum absolute atomic E-state index is 0.0949. The van der Waals surface area contributed by atoms with Crippen molar-refractivity contribution in [3.63, 3.8) is 0 Å². The van der Waals surface area contributed by atoms with Crippen molar-refractivity contribution in [1.29, 1.82) is 0 Å². The molecule has 1 saturated heterocycles. The Labute approximate surface area is 105 Å². The summed E-state index contributed by atoms with van der Waals surface area (Å²) >= 11 is 5.67. The van der Waals surface area contributed by atoms with Crippen LogP contribution < -0.4 is 10.6 Å². The van der Waals surface area contributed by atoms with E-state index in [1.807, 2.05) is 0 Å². The minimum atomic E-state index is -0.0949. The number of anilines is 1. The smallest absolute Gasteiger partial charge is 0.321 e. The van der Waals surface area contributed by atoms with Crippen LogP contribution in [0.1, 0.15) is 6.92 Å². The molecule has 0 bridgehead atoms. The summed E-state index contributed by atoms with van der Waals surface area (Å²) in [6.45, 7) is 4.32. The van der Waals surface area contributed by atoms with Gasteiger partial charge in [-0.2, -0.15) is 0 Å². The van der Waals surface area contributed by atoms with Gasteiger partial charge in [0.25, 0.3) is 0 Å². The molecule has 0 saturated carbocycles. The van der Waals surface area contributed by atoms with Crippen LogP contribution in [0.4, 0.5) is 10.5 Å². The van der Waals surface area contributed by atoms with Gasteiger partial charge in [0, 0.05) is 25.7 Å². The average molecular weight is 255 g/mol. The molecule has 1 unspecified atom stereocenters. The molecule has 0 aliphatic carbocycles. The molecule has 92 valence electrons. The van der Waals surface area contributed by atoms with E-state index >= 15 is 0 Å². The molecule has 1 atom stereocenters. The van der Waals surface area contributed by atoms with E-state index in [1.54, 1.807) is 23.2 Å². The number of halogens is 1. The number of amides is 2. The van der Waals surface area contributed by atoms with Crippen molar-refractivity contribution in [2.45, 2.75) is 13.0 Å². The van der Waals surface area contributed by atoms with E-state index in [0.29, 0.717) is 23.4 Å². The lowest BCUT2D eigenvalue weighted by Crippen LogP contribution is -2.52. The van der Waals surface area contributed by atoms with Crippen molar-refractivity contribution >= 4 is 23.3 Å². The molecule has 5 nitrogen and oxygen atoms in total. The summed E-state index contributed by atoms with van der Waals surface area (Å²) in [6.07, 6.45) is 1.55. The number of carbonyl (C=O) groups excluding carboxylic acids is 1. The summed E-state index contributed by atoms with van der Waals surface area (Å²) in [5, 5.41) is 6.50. The van der Waals surface area contributed by atoms with Crippen LogP contribution in [0.3, 0.4) is 0 Å². The number of hydrogen-bond acceptors (Lipinski definition) is 3. The second-order valence-corrected chi connectivity index (χ2v) is 4.49. The van der Waals surface area contributed by atoms with Crippen molar-refractivity contribution in [1.82, 2.24) is 15.2 Å². The van der Waals surface area contributed by atoms with Gasteiger partial charge in [0.1, 0.15) is 5.15 Å². The van der Waals surface area contributed by atoms with E-state index in [1.165, 1.54) is 0 Å². The zero-order valence-corrected chi connectivity index (χ0v) is 10.4. The van der Waals surface area contributed by atoms with Gasteiger partial charge in [-0.25, -0.2) is 9.78 Å². The molecule has 0 spiro atoms. The number of rotatable bonds is 1. The quantitative estimate of drug-likeness (QED) is 0.748. The van der Waals surface area contributed by atoms with Gasteiger partial charge in [-0.15, -0.1) is 0 Å². The average Bonchev–Trinajstić information content (AvgIpc) is 2.32. The number of aromatic nitrogens is 1. The van der Waals surface area contributed by atoms with Crippen molar-refractivity contribution < 1.29 is 4.79 Å². The summed E-state index contributed by atoms with van der Waals surface area (Å²) < 4.78 is 0. The van der Waals surface area contributed by atoms with Crippen LogP contribution in [0, 0.1) is 0 Å². The van der Waals surface area contributed by atoms with Gasteiger partial charge in [-0.1, -0.05) is 11.6 Å². The Kier molecular flexibility index (Phi) is 3.81. The lowest BCUT2D eigenvalue weighted by atomic mass is 10.2. The van der Waals surface area contributed by atoms with Crippen molar-refractivity contribution in [3.8, 4) is 0 Å². The van der Waals surface area contributed by atoms with Gasteiger partial charge in [-0.3, -0.25) is 0 Å². The molecule has 0 aromatic carbocycles. The maximum Gasteiger partial charge on any atom is 0.321 e. The summed E-state index contributed by atoms with van der Waals surface area (Å²) in [5.41, 5.74) is 0.658. The normalized spacial score (nSPS) is 20.1. The molecule has 1 aromatic heterocycles. The highest BCUT2D eigenvalue weighted by Crippen LogP contribution is 2.11. The molecule has 2 rings (SSSR count). The Balaban J connectivity index is 1.94. The van der Waals surface area contributed by atoms with Gasteiger partial charge < -0.3 is 15.5 Å². The highest BCUT2D eigenvalue weighted by atomic mass is 35.5. The second kappa shape index (κ2) is 5.33. The summed E-state index contributed by atoms with van der Waals surface area (Å²) in [4.78, 5) is 17.6. The van der Waals surface area contributed by atoms with Crippen LogP contribution in [-0.4, -0.2) is 41.6 Å². The van der Waals surface area contributed by atoms with Gasteiger partial charge in [-0.05, 0) is 19.1 Å². The molecule has 1 fully saturated rings. The van der Waals surface area contributed by atoms with Gasteiger partial charge in [0.2, 0.25) is 0 Å².